The summed E-state index contributed by atoms with van der Waals surface area (Å²) in [5.74, 6) is 0. The van der Waals surface area contributed by atoms with Gasteiger partial charge in [-0.15, -0.1) is 0 Å². The fourth-order valence-electron chi connectivity index (χ4n) is 2.26. The molecular weight excluding hydrogens is 252 g/mol. The molecule has 1 heterocycles. The summed E-state index contributed by atoms with van der Waals surface area (Å²) in [6.07, 6.45) is 5.04. The first-order chi connectivity index (χ1) is 9.70. The van der Waals surface area contributed by atoms with E-state index in [1.54, 1.807) is 11.0 Å². The average Bonchev–Trinajstić information content (AvgIpc) is 2.99. The molecule has 0 spiro atoms. The highest BCUT2D eigenvalue weighted by atomic mass is 16.2. The van der Waals surface area contributed by atoms with Crippen LogP contribution < -0.4 is 5.32 Å². The van der Waals surface area contributed by atoms with E-state index in [2.05, 4.69) is 41.4 Å². The van der Waals surface area contributed by atoms with Gasteiger partial charge in [0, 0.05) is 18.7 Å². The predicted molar refractivity (Wildman–Crippen MR) is 78.7 cm³/mol. The largest absolute Gasteiger partial charge is 0.396 e. The van der Waals surface area contributed by atoms with Gasteiger partial charge in [0.05, 0.1) is 5.69 Å². The number of hydrogen-bond acceptors (Lipinski definition) is 4. The number of nitrogens with zero attached hydrogens (tertiary/aromatic N) is 3. The van der Waals surface area contributed by atoms with Crippen molar-refractivity contribution in [1.82, 2.24) is 20.1 Å². The van der Waals surface area contributed by atoms with Gasteiger partial charge in [-0.1, -0.05) is 12.1 Å². The Balaban J connectivity index is 1.95. The van der Waals surface area contributed by atoms with Crippen LogP contribution in [0.5, 0.6) is 0 Å². The number of aromatic nitrogens is 3. The third-order valence-corrected chi connectivity index (χ3v) is 3.41. The van der Waals surface area contributed by atoms with Crippen molar-refractivity contribution in [2.75, 3.05) is 6.61 Å². The van der Waals surface area contributed by atoms with Gasteiger partial charge in [-0.3, -0.25) is 0 Å². The van der Waals surface area contributed by atoms with Crippen LogP contribution in [0.1, 0.15) is 38.3 Å². The van der Waals surface area contributed by atoms with E-state index in [4.69, 9.17) is 5.11 Å². The molecule has 2 aromatic rings. The third kappa shape index (κ3) is 3.88. The highest BCUT2D eigenvalue weighted by Crippen LogP contribution is 2.16. The summed E-state index contributed by atoms with van der Waals surface area (Å²) in [5, 5.41) is 16.5. The van der Waals surface area contributed by atoms with Crippen molar-refractivity contribution in [2.45, 2.75) is 38.8 Å². The molecule has 20 heavy (non-hydrogen) atoms. The fraction of sp³-hybridized carbons (Fsp3) is 0.467. The predicted octanol–water partition coefficient (Wildman–Crippen LogP) is 2.08. The molecule has 108 valence electrons. The fourth-order valence-corrected chi connectivity index (χ4v) is 2.26. The van der Waals surface area contributed by atoms with E-state index in [1.807, 2.05) is 12.1 Å². The summed E-state index contributed by atoms with van der Waals surface area (Å²) in [5.41, 5.74) is 2.25. The van der Waals surface area contributed by atoms with E-state index in [9.17, 15) is 0 Å². The standard InChI is InChI=1S/C15H22N4O/c1-12(4-3-9-20)18-13(2)14-5-7-15(8-6-14)19-11-16-10-17-19/h5-8,10-13,18,20H,3-4,9H2,1-2H3. The Morgan fingerprint density at radius 3 is 2.60 bits per heavy atom. The molecular formula is C15H22N4O. The molecule has 5 nitrogen and oxygen atoms in total. The minimum atomic E-state index is 0.257. The number of benzene rings is 1. The number of aliphatic hydroxyl groups excluding tert-OH is 1. The monoisotopic (exact) mass is 274 g/mol. The van der Waals surface area contributed by atoms with Crippen LogP contribution in [0, 0.1) is 0 Å². The summed E-state index contributed by atoms with van der Waals surface area (Å²) < 4.78 is 1.74. The second-order valence-electron chi connectivity index (χ2n) is 5.09. The van der Waals surface area contributed by atoms with Crippen molar-refractivity contribution in [2.24, 2.45) is 0 Å². The Morgan fingerprint density at radius 1 is 1.25 bits per heavy atom. The van der Waals surface area contributed by atoms with Crippen LogP contribution in [-0.4, -0.2) is 32.5 Å². The van der Waals surface area contributed by atoms with Crippen LogP contribution >= 0.6 is 0 Å². The first-order valence-corrected chi connectivity index (χ1v) is 7.02. The SMILES string of the molecule is CC(CCCO)NC(C)c1ccc(-n2cncn2)cc1. The Kier molecular flexibility index (Phi) is 5.26. The zero-order valence-corrected chi connectivity index (χ0v) is 12.0. The molecule has 0 saturated heterocycles. The van der Waals surface area contributed by atoms with Gasteiger partial charge >= 0.3 is 0 Å². The molecule has 0 radical (unpaired) electrons. The van der Waals surface area contributed by atoms with Crippen molar-refractivity contribution in [3.8, 4) is 5.69 Å². The van der Waals surface area contributed by atoms with Crippen molar-refractivity contribution in [3.05, 3.63) is 42.5 Å². The van der Waals surface area contributed by atoms with Gasteiger partial charge in [0.2, 0.25) is 0 Å². The van der Waals surface area contributed by atoms with E-state index < -0.39 is 0 Å². The van der Waals surface area contributed by atoms with Crippen molar-refractivity contribution < 1.29 is 5.11 Å². The maximum absolute atomic E-state index is 8.85. The minimum absolute atomic E-state index is 0.257. The molecule has 0 amide bonds. The smallest absolute Gasteiger partial charge is 0.138 e. The molecule has 0 saturated carbocycles. The van der Waals surface area contributed by atoms with Crippen LogP contribution in [0.3, 0.4) is 0 Å². The average molecular weight is 274 g/mol. The first-order valence-electron chi connectivity index (χ1n) is 7.02. The van der Waals surface area contributed by atoms with E-state index in [1.165, 1.54) is 11.9 Å². The zero-order valence-electron chi connectivity index (χ0n) is 12.0. The highest BCUT2D eigenvalue weighted by molar-refractivity contribution is 5.34. The van der Waals surface area contributed by atoms with Crippen molar-refractivity contribution in [1.29, 1.82) is 0 Å². The van der Waals surface area contributed by atoms with Crippen LogP contribution in [0.15, 0.2) is 36.9 Å². The number of aliphatic hydroxyl groups is 1. The van der Waals surface area contributed by atoms with E-state index in [-0.39, 0.29) is 12.6 Å². The normalized spacial score (nSPS) is 14.2. The minimum Gasteiger partial charge on any atom is -0.396 e. The molecule has 2 unspecified atom stereocenters. The molecule has 2 atom stereocenters. The van der Waals surface area contributed by atoms with Gasteiger partial charge in [0.1, 0.15) is 12.7 Å². The number of hydrogen-bond donors (Lipinski definition) is 2. The van der Waals surface area contributed by atoms with Gasteiger partial charge in [0.15, 0.2) is 0 Å². The van der Waals surface area contributed by atoms with Gasteiger partial charge in [-0.25, -0.2) is 9.67 Å². The van der Waals surface area contributed by atoms with Crippen LogP contribution in [-0.2, 0) is 0 Å². The number of rotatable bonds is 7. The molecule has 2 N–H and O–H groups in total. The maximum Gasteiger partial charge on any atom is 0.138 e. The third-order valence-electron chi connectivity index (χ3n) is 3.41. The highest BCUT2D eigenvalue weighted by Gasteiger charge is 2.09. The Bertz CT molecular complexity index is 495. The Morgan fingerprint density at radius 2 is 2.00 bits per heavy atom. The van der Waals surface area contributed by atoms with E-state index in [0.717, 1.165) is 18.5 Å². The summed E-state index contributed by atoms with van der Waals surface area (Å²) in [4.78, 5) is 3.94. The molecule has 2 rings (SSSR count). The Hall–Kier alpha value is -1.72. The molecule has 0 fully saturated rings. The molecule has 0 aliphatic heterocycles. The van der Waals surface area contributed by atoms with E-state index >= 15 is 0 Å². The van der Waals surface area contributed by atoms with Crippen LogP contribution in [0.2, 0.25) is 0 Å². The summed E-state index contributed by atoms with van der Waals surface area (Å²) in [6, 6.07) is 8.97. The second kappa shape index (κ2) is 7.17. The summed E-state index contributed by atoms with van der Waals surface area (Å²) in [7, 11) is 0. The topological polar surface area (TPSA) is 63.0 Å². The quantitative estimate of drug-likeness (QED) is 0.811. The molecule has 5 heteroatoms. The maximum atomic E-state index is 8.85. The summed E-state index contributed by atoms with van der Waals surface area (Å²) >= 11 is 0. The zero-order chi connectivity index (χ0) is 14.4. The lowest BCUT2D eigenvalue weighted by atomic mass is 10.1. The lowest BCUT2D eigenvalue weighted by Gasteiger charge is -2.20. The van der Waals surface area contributed by atoms with Crippen LogP contribution in [0.4, 0.5) is 0 Å². The van der Waals surface area contributed by atoms with Gasteiger partial charge in [-0.2, -0.15) is 5.10 Å². The van der Waals surface area contributed by atoms with E-state index in [0.29, 0.717) is 6.04 Å². The Labute approximate surface area is 119 Å². The van der Waals surface area contributed by atoms with Crippen molar-refractivity contribution in [3.63, 3.8) is 0 Å². The molecule has 0 bridgehead atoms. The van der Waals surface area contributed by atoms with Gasteiger partial charge in [-0.05, 0) is 44.4 Å². The van der Waals surface area contributed by atoms with Gasteiger partial charge < -0.3 is 10.4 Å². The molecule has 0 aliphatic carbocycles. The molecule has 1 aromatic carbocycles. The lowest BCUT2D eigenvalue weighted by Crippen LogP contribution is -2.29. The summed E-state index contributed by atoms with van der Waals surface area (Å²) in [6.45, 7) is 4.56. The second-order valence-corrected chi connectivity index (χ2v) is 5.09. The van der Waals surface area contributed by atoms with Crippen LogP contribution in [0.25, 0.3) is 5.69 Å². The van der Waals surface area contributed by atoms with Gasteiger partial charge in [0.25, 0.3) is 0 Å². The first kappa shape index (κ1) is 14.7. The number of nitrogens with one attached hydrogen (secondary N) is 1. The van der Waals surface area contributed by atoms with Crippen molar-refractivity contribution >= 4 is 0 Å². The molecule has 0 aliphatic rings. The lowest BCUT2D eigenvalue weighted by molar-refractivity contribution is 0.274. The molecule has 1 aromatic heterocycles.